The molecule has 2 bridgehead atoms. The number of rotatable bonds is 3. The summed E-state index contributed by atoms with van der Waals surface area (Å²) >= 11 is 1.39. The summed E-state index contributed by atoms with van der Waals surface area (Å²) < 4.78 is 25.4. The number of hydrogen-bond acceptors (Lipinski definition) is 6. The highest BCUT2D eigenvalue weighted by molar-refractivity contribution is 7.91. The standard InChI is InChI=1S/C26H31N3O5S2/c1-26(2,3)29(25(31)32)22-17-13-18(22)21(17)27-8-10-28(11-9-27)24(30)19-12-15-14-36(33,34)20-7-5-4-6-16(20)23(15)35-19/h4-7,12,17-18,21-22H,8-11,13-14H2,1-3H3,(H,31,32). The normalized spacial score (nSPS) is 28.4. The van der Waals surface area contributed by atoms with Crippen molar-refractivity contribution in [3.05, 3.63) is 40.8 Å². The number of benzene rings is 1. The summed E-state index contributed by atoms with van der Waals surface area (Å²) in [5, 5.41) is 9.76. The van der Waals surface area contributed by atoms with Crippen LogP contribution in [-0.4, -0.2) is 84.0 Å². The summed E-state index contributed by atoms with van der Waals surface area (Å²) in [4.78, 5) is 33.0. The highest BCUT2D eigenvalue weighted by atomic mass is 32.2. The van der Waals surface area contributed by atoms with Crippen LogP contribution in [0.25, 0.3) is 10.4 Å². The molecule has 192 valence electrons. The molecule has 1 aromatic carbocycles. The van der Waals surface area contributed by atoms with Crippen LogP contribution in [0, 0.1) is 11.8 Å². The third kappa shape index (κ3) is 3.52. The van der Waals surface area contributed by atoms with Crippen molar-refractivity contribution in [2.75, 3.05) is 26.2 Å². The zero-order valence-electron chi connectivity index (χ0n) is 20.7. The Morgan fingerprint density at radius 3 is 2.36 bits per heavy atom. The van der Waals surface area contributed by atoms with Crippen LogP contribution in [0.1, 0.15) is 42.4 Å². The van der Waals surface area contributed by atoms with Crippen LogP contribution < -0.4 is 0 Å². The maximum atomic E-state index is 13.3. The SMILES string of the molecule is CC(C)(C)N(C(=O)O)C1C2CC1C2N1CCN(C(=O)c2cc3c(s2)-c2ccccc2S(=O)(=O)C3)CC1. The molecular formula is C26H31N3O5S2. The van der Waals surface area contributed by atoms with Crippen LogP contribution in [-0.2, 0) is 15.6 Å². The van der Waals surface area contributed by atoms with Crippen molar-refractivity contribution in [3.8, 4) is 10.4 Å². The fraction of sp³-hybridized carbons (Fsp3) is 0.538. The first kappa shape index (κ1) is 23.9. The van der Waals surface area contributed by atoms with Crippen molar-refractivity contribution in [3.63, 3.8) is 0 Å². The fourth-order valence-electron chi connectivity index (χ4n) is 6.62. The molecule has 2 atom stereocenters. The molecule has 4 fully saturated rings. The van der Waals surface area contributed by atoms with E-state index in [4.69, 9.17) is 0 Å². The molecule has 1 saturated heterocycles. The van der Waals surface area contributed by atoms with Crippen LogP contribution in [0.3, 0.4) is 0 Å². The number of thiophene rings is 1. The Morgan fingerprint density at radius 1 is 1.08 bits per heavy atom. The topological polar surface area (TPSA) is 98.2 Å². The van der Waals surface area contributed by atoms with Crippen molar-refractivity contribution in [2.24, 2.45) is 11.8 Å². The van der Waals surface area contributed by atoms with Crippen molar-refractivity contribution in [2.45, 2.75) is 55.5 Å². The van der Waals surface area contributed by atoms with E-state index in [-0.39, 0.29) is 17.7 Å². The largest absolute Gasteiger partial charge is 0.465 e. The predicted molar refractivity (Wildman–Crippen MR) is 137 cm³/mol. The molecule has 2 aromatic rings. The quantitative estimate of drug-likeness (QED) is 0.652. The lowest BCUT2D eigenvalue weighted by Gasteiger charge is -2.71. The molecule has 5 aliphatic rings. The molecule has 36 heavy (non-hydrogen) atoms. The molecule has 7 rings (SSSR count). The molecular weight excluding hydrogens is 498 g/mol. The zero-order valence-corrected chi connectivity index (χ0v) is 22.3. The van der Waals surface area contributed by atoms with Gasteiger partial charge in [0.1, 0.15) is 0 Å². The summed E-state index contributed by atoms with van der Waals surface area (Å²) in [5.74, 6) is 0.646. The monoisotopic (exact) mass is 529 g/mol. The second-order valence-electron chi connectivity index (χ2n) is 11.4. The first-order valence-corrected chi connectivity index (χ1v) is 14.9. The average Bonchev–Trinajstić information content (AvgIpc) is 3.18. The van der Waals surface area contributed by atoms with E-state index in [0.29, 0.717) is 51.9 Å². The summed E-state index contributed by atoms with van der Waals surface area (Å²) in [5.41, 5.74) is 0.989. The van der Waals surface area contributed by atoms with Gasteiger partial charge in [-0.25, -0.2) is 13.2 Å². The molecule has 2 amide bonds. The van der Waals surface area contributed by atoms with Crippen molar-refractivity contribution in [1.82, 2.24) is 14.7 Å². The molecule has 10 heteroatoms. The van der Waals surface area contributed by atoms with E-state index >= 15 is 0 Å². The van der Waals surface area contributed by atoms with Gasteiger partial charge in [-0.05, 0) is 56.7 Å². The summed E-state index contributed by atoms with van der Waals surface area (Å²) in [6.45, 7) is 8.66. The van der Waals surface area contributed by atoms with Crippen molar-refractivity contribution < 1.29 is 23.1 Å². The van der Waals surface area contributed by atoms with E-state index in [1.807, 2.05) is 37.8 Å². The van der Waals surface area contributed by atoms with Gasteiger partial charge in [0, 0.05) is 54.2 Å². The number of carboxylic acid groups (broad SMARTS) is 1. The summed E-state index contributed by atoms with van der Waals surface area (Å²) in [7, 11) is -3.40. The van der Waals surface area contributed by atoms with Crippen LogP contribution in [0.15, 0.2) is 35.2 Å². The molecule has 3 heterocycles. The van der Waals surface area contributed by atoms with Gasteiger partial charge in [-0.1, -0.05) is 18.2 Å². The van der Waals surface area contributed by atoms with Crippen LogP contribution in [0.4, 0.5) is 4.79 Å². The highest BCUT2D eigenvalue weighted by Crippen LogP contribution is 2.59. The van der Waals surface area contributed by atoms with Crippen molar-refractivity contribution >= 4 is 33.2 Å². The Balaban J connectivity index is 1.12. The Labute approximate surface area is 215 Å². The van der Waals surface area contributed by atoms with Gasteiger partial charge in [-0.3, -0.25) is 14.6 Å². The minimum Gasteiger partial charge on any atom is -0.465 e. The van der Waals surface area contributed by atoms with E-state index in [1.54, 1.807) is 23.1 Å². The Kier molecular flexibility index (Phi) is 5.34. The third-order valence-electron chi connectivity index (χ3n) is 8.38. The molecule has 3 aliphatic carbocycles. The van der Waals surface area contributed by atoms with Gasteiger partial charge in [0.15, 0.2) is 9.84 Å². The van der Waals surface area contributed by atoms with E-state index in [2.05, 4.69) is 4.90 Å². The number of hydrogen-bond donors (Lipinski definition) is 1. The minimum atomic E-state index is -3.40. The van der Waals surface area contributed by atoms with Gasteiger partial charge in [-0.15, -0.1) is 11.3 Å². The molecule has 0 spiro atoms. The lowest BCUT2D eigenvalue weighted by molar-refractivity contribution is -0.202. The third-order valence-corrected chi connectivity index (χ3v) is 11.3. The maximum Gasteiger partial charge on any atom is 0.408 e. The molecule has 2 aliphatic heterocycles. The number of piperazine rings is 1. The summed E-state index contributed by atoms with van der Waals surface area (Å²) in [6.07, 6.45) is 0.240. The highest BCUT2D eigenvalue weighted by Gasteiger charge is 2.67. The molecule has 1 aromatic heterocycles. The Bertz CT molecular complexity index is 1340. The van der Waals surface area contributed by atoms with E-state index in [1.165, 1.54) is 11.3 Å². The second kappa shape index (κ2) is 8.03. The first-order chi connectivity index (χ1) is 17.0. The number of sulfone groups is 1. The van der Waals surface area contributed by atoms with Gasteiger partial charge in [0.2, 0.25) is 0 Å². The number of nitrogens with zero attached hydrogens (tertiary/aromatic N) is 3. The first-order valence-electron chi connectivity index (χ1n) is 12.5. The maximum absolute atomic E-state index is 13.3. The number of fused-ring (bicyclic) bond motifs is 3. The second-order valence-corrected chi connectivity index (χ2v) is 14.4. The molecule has 1 N–H and O–H groups in total. The van der Waals surface area contributed by atoms with E-state index in [9.17, 15) is 23.1 Å². The number of amides is 2. The smallest absolute Gasteiger partial charge is 0.408 e. The summed E-state index contributed by atoms with van der Waals surface area (Å²) in [6, 6.07) is 9.29. The number of carbonyl (C=O) groups is 2. The lowest BCUT2D eigenvalue weighted by atomic mass is 9.46. The van der Waals surface area contributed by atoms with Crippen LogP contribution in [0.5, 0.6) is 0 Å². The Hall–Kier alpha value is -2.43. The zero-order chi connectivity index (χ0) is 25.6. The number of carbonyl (C=O) groups excluding carboxylic acids is 1. The Morgan fingerprint density at radius 2 is 1.75 bits per heavy atom. The van der Waals surface area contributed by atoms with Crippen LogP contribution in [0.2, 0.25) is 0 Å². The molecule has 3 saturated carbocycles. The lowest BCUT2D eigenvalue weighted by Crippen LogP contribution is -2.80. The van der Waals surface area contributed by atoms with E-state index in [0.717, 1.165) is 24.4 Å². The molecule has 0 radical (unpaired) electrons. The molecule has 2 unspecified atom stereocenters. The van der Waals surface area contributed by atoms with Crippen LogP contribution >= 0.6 is 11.3 Å². The van der Waals surface area contributed by atoms with Gasteiger partial charge < -0.3 is 10.0 Å². The predicted octanol–water partition coefficient (Wildman–Crippen LogP) is 3.63. The minimum absolute atomic E-state index is 0.0367. The van der Waals surface area contributed by atoms with Gasteiger partial charge in [-0.2, -0.15) is 0 Å². The fourth-order valence-corrected chi connectivity index (χ4v) is 9.54. The molecule has 8 nitrogen and oxygen atoms in total. The van der Waals surface area contributed by atoms with E-state index < -0.39 is 21.5 Å². The van der Waals surface area contributed by atoms with Gasteiger partial charge in [0.25, 0.3) is 5.91 Å². The van der Waals surface area contributed by atoms with Gasteiger partial charge in [0.05, 0.1) is 15.5 Å². The van der Waals surface area contributed by atoms with Gasteiger partial charge >= 0.3 is 6.09 Å². The van der Waals surface area contributed by atoms with Crippen molar-refractivity contribution in [1.29, 1.82) is 0 Å². The average molecular weight is 530 g/mol.